The molecule has 10 heteroatoms. The van der Waals surface area contributed by atoms with Crippen LogP contribution < -0.4 is 20.6 Å². The summed E-state index contributed by atoms with van der Waals surface area (Å²) >= 11 is 0. The molecule has 8 nitrogen and oxygen atoms in total. The number of benzene rings is 2. The summed E-state index contributed by atoms with van der Waals surface area (Å²) in [7, 11) is 1.60. The molecule has 0 spiro atoms. The fourth-order valence-electron chi connectivity index (χ4n) is 4.57. The molecule has 1 fully saturated rings. The highest BCUT2D eigenvalue weighted by molar-refractivity contribution is 5.96. The highest BCUT2D eigenvalue weighted by atomic mass is 19.1. The minimum atomic E-state index is -0.751. The smallest absolute Gasteiger partial charge is 0.259 e. The van der Waals surface area contributed by atoms with Crippen LogP contribution in [0.15, 0.2) is 70.4 Å². The fourth-order valence-corrected chi connectivity index (χ4v) is 4.57. The number of carbonyl (C=O) groups is 1. The number of methoxy groups -OCH3 is 1. The molecule has 0 bridgehead atoms. The molecule has 37 heavy (non-hydrogen) atoms. The zero-order valence-corrected chi connectivity index (χ0v) is 20.0. The van der Waals surface area contributed by atoms with Crippen molar-refractivity contribution in [3.8, 4) is 5.75 Å². The molecule has 1 saturated heterocycles. The Labute approximate surface area is 210 Å². The Bertz CT molecular complexity index is 1570. The number of anilines is 1. The van der Waals surface area contributed by atoms with Crippen molar-refractivity contribution in [2.24, 2.45) is 0 Å². The van der Waals surface area contributed by atoms with Crippen LogP contribution in [-0.2, 0) is 6.54 Å². The second-order valence-corrected chi connectivity index (χ2v) is 8.76. The highest BCUT2D eigenvalue weighted by Gasteiger charge is 2.26. The molecular weight excluding hydrogens is 482 g/mol. The molecule has 0 unspecified atom stereocenters. The van der Waals surface area contributed by atoms with Crippen LogP contribution in [0.25, 0.3) is 11.0 Å². The number of amides is 1. The molecule has 5 rings (SSSR count). The van der Waals surface area contributed by atoms with E-state index in [1.165, 1.54) is 29.0 Å². The molecule has 0 atom stereocenters. The Kier molecular flexibility index (Phi) is 6.47. The monoisotopic (exact) mass is 506 g/mol. The number of nitrogens with zero attached hydrogens (tertiary/aromatic N) is 3. The molecule has 2 aromatic carbocycles. The van der Waals surface area contributed by atoms with Crippen molar-refractivity contribution in [3.05, 3.63) is 104 Å². The maximum absolute atomic E-state index is 14.4. The Morgan fingerprint density at radius 3 is 2.27 bits per heavy atom. The van der Waals surface area contributed by atoms with Gasteiger partial charge in [0.15, 0.2) is 0 Å². The zero-order chi connectivity index (χ0) is 26.1. The number of hydrogen-bond acceptors (Lipinski definition) is 5. The topological polar surface area (TPSA) is 87.6 Å². The number of pyridine rings is 2. The maximum atomic E-state index is 14.4. The normalized spacial score (nSPS) is 13.7. The lowest BCUT2D eigenvalue weighted by atomic mass is 10.1. The molecule has 2 aromatic heterocycles. The number of halogens is 2. The minimum absolute atomic E-state index is 0.0908. The predicted octanol–water partition coefficient (Wildman–Crippen LogP) is 2.99. The molecule has 0 saturated carbocycles. The Hall–Kier alpha value is -4.47. The van der Waals surface area contributed by atoms with Gasteiger partial charge >= 0.3 is 0 Å². The summed E-state index contributed by atoms with van der Waals surface area (Å²) in [6.07, 6.45) is 1.31. The third-order valence-electron chi connectivity index (χ3n) is 6.59. The van der Waals surface area contributed by atoms with Crippen LogP contribution in [-0.4, -0.2) is 53.6 Å². The molecule has 0 radical (unpaired) electrons. The van der Waals surface area contributed by atoms with Gasteiger partial charge in [0.2, 0.25) is 11.0 Å². The molecule has 190 valence electrons. The van der Waals surface area contributed by atoms with Gasteiger partial charge in [0.1, 0.15) is 28.5 Å². The van der Waals surface area contributed by atoms with Gasteiger partial charge in [-0.15, -0.1) is 0 Å². The first-order valence-corrected chi connectivity index (χ1v) is 11.7. The van der Waals surface area contributed by atoms with Gasteiger partial charge in [-0.3, -0.25) is 14.4 Å². The number of hydrogen-bond donors (Lipinski definition) is 1. The summed E-state index contributed by atoms with van der Waals surface area (Å²) in [5.41, 5.74) is -0.397. The van der Waals surface area contributed by atoms with Crippen molar-refractivity contribution in [1.82, 2.24) is 14.5 Å². The van der Waals surface area contributed by atoms with Gasteiger partial charge < -0.3 is 24.1 Å². The van der Waals surface area contributed by atoms with E-state index < -0.39 is 28.5 Å². The van der Waals surface area contributed by atoms with Gasteiger partial charge in [-0.1, -0.05) is 6.07 Å². The lowest BCUT2D eigenvalue weighted by molar-refractivity contribution is 0.0745. The highest BCUT2D eigenvalue weighted by Crippen LogP contribution is 2.22. The average molecular weight is 507 g/mol. The van der Waals surface area contributed by atoms with Crippen LogP contribution >= 0.6 is 0 Å². The standard InChI is InChI=1S/C27H24F2N4O4/c1-37-18-7-5-17(6-8-18)31-11-13-32(14-12-31)27(36)20-16-33(15-19-21(28)3-2-4-22(19)29)23-9-10-24(34)30-25(23)26(20)35/h2-10,16H,11-15H2,1H3,(H,30,34). The quantitative estimate of drug-likeness (QED) is 0.450. The van der Waals surface area contributed by atoms with Gasteiger partial charge in [-0.05, 0) is 42.5 Å². The van der Waals surface area contributed by atoms with Gasteiger partial charge in [-0.25, -0.2) is 8.78 Å². The van der Waals surface area contributed by atoms with Crippen LogP contribution in [0, 0.1) is 11.6 Å². The molecular formula is C27H24F2N4O4. The van der Waals surface area contributed by atoms with E-state index in [-0.39, 0.29) is 28.7 Å². The van der Waals surface area contributed by atoms with E-state index >= 15 is 0 Å². The number of ether oxygens (including phenoxy) is 1. The van der Waals surface area contributed by atoms with Crippen molar-refractivity contribution in [3.63, 3.8) is 0 Å². The Balaban J connectivity index is 1.46. The summed E-state index contributed by atoms with van der Waals surface area (Å²) in [5, 5.41) is 0. The van der Waals surface area contributed by atoms with Gasteiger partial charge in [0, 0.05) is 49.7 Å². The summed E-state index contributed by atoms with van der Waals surface area (Å²) < 4.78 is 35.4. The lowest BCUT2D eigenvalue weighted by Gasteiger charge is -2.36. The molecule has 1 amide bonds. The minimum Gasteiger partial charge on any atom is -0.497 e. The van der Waals surface area contributed by atoms with Crippen molar-refractivity contribution in [2.75, 3.05) is 38.2 Å². The first kappa shape index (κ1) is 24.2. The van der Waals surface area contributed by atoms with Gasteiger partial charge in [0.25, 0.3) is 5.91 Å². The number of fused-ring (bicyclic) bond motifs is 1. The Morgan fingerprint density at radius 1 is 0.946 bits per heavy atom. The zero-order valence-electron chi connectivity index (χ0n) is 20.0. The fraction of sp³-hybridized carbons (Fsp3) is 0.222. The van der Waals surface area contributed by atoms with Gasteiger partial charge in [-0.2, -0.15) is 0 Å². The Morgan fingerprint density at radius 2 is 1.62 bits per heavy atom. The summed E-state index contributed by atoms with van der Waals surface area (Å²) in [6, 6.07) is 13.8. The number of aromatic nitrogens is 2. The molecule has 0 aliphatic carbocycles. The van der Waals surface area contributed by atoms with Crippen LogP contribution in [0.4, 0.5) is 14.5 Å². The van der Waals surface area contributed by atoms with E-state index in [1.54, 1.807) is 12.0 Å². The molecule has 1 N–H and O–H groups in total. The summed E-state index contributed by atoms with van der Waals surface area (Å²) in [4.78, 5) is 44.9. The summed E-state index contributed by atoms with van der Waals surface area (Å²) in [6.45, 7) is 1.58. The van der Waals surface area contributed by atoms with E-state index in [1.807, 2.05) is 24.3 Å². The molecule has 1 aliphatic heterocycles. The maximum Gasteiger partial charge on any atom is 0.259 e. The SMILES string of the molecule is COc1ccc(N2CCN(C(=O)c3cn(Cc4c(F)cccc4F)c4ccc(=O)[nH]c4c3=O)CC2)cc1. The number of piperazine rings is 1. The largest absolute Gasteiger partial charge is 0.497 e. The predicted molar refractivity (Wildman–Crippen MR) is 135 cm³/mol. The number of nitrogens with one attached hydrogen (secondary N) is 1. The lowest BCUT2D eigenvalue weighted by Crippen LogP contribution is -2.49. The first-order chi connectivity index (χ1) is 17.9. The molecule has 1 aliphatic rings. The van der Waals surface area contributed by atoms with Crippen molar-refractivity contribution >= 4 is 22.6 Å². The second kappa shape index (κ2) is 9.88. The first-order valence-electron chi connectivity index (χ1n) is 11.7. The number of aromatic amines is 1. The molecule has 4 aromatic rings. The van der Waals surface area contributed by atoms with E-state index in [0.717, 1.165) is 23.6 Å². The number of H-pyrrole nitrogens is 1. The van der Waals surface area contributed by atoms with E-state index in [0.29, 0.717) is 26.2 Å². The van der Waals surface area contributed by atoms with Crippen molar-refractivity contribution < 1.29 is 18.3 Å². The van der Waals surface area contributed by atoms with Crippen LogP contribution in [0.3, 0.4) is 0 Å². The number of rotatable bonds is 5. The van der Waals surface area contributed by atoms with Crippen molar-refractivity contribution in [1.29, 1.82) is 0 Å². The molecule has 3 heterocycles. The van der Waals surface area contributed by atoms with Crippen LogP contribution in [0.5, 0.6) is 5.75 Å². The number of carbonyl (C=O) groups excluding carboxylic acids is 1. The third kappa shape index (κ3) is 4.69. The summed E-state index contributed by atoms with van der Waals surface area (Å²) in [5.74, 6) is -1.26. The van der Waals surface area contributed by atoms with E-state index in [2.05, 4.69) is 9.88 Å². The van der Waals surface area contributed by atoms with Crippen LogP contribution in [0.2, 0.25) is 0 Å². The average Bonchev–Trinajstić information content (AvgIpc) is 2.92. The van der Waals surface area contributed by atoms with E-state index in [9.17, 15) is 23.2 Å². The second-order valence-electron chi connectivity index (χ2n) is 8.76. The van der Waals surface area contributed by atoms with Crippen LogP contribution in [0.1, 0.15) is 15.9 Å². The van der Waals surface area contributed by atoms with Gasteiger partial charge in [0.05, 0.1) is 19.2 Å². The van der Waals surface area contributed by atoms with Crippen molar-refractivity contribution in [2.45, 2.75) is 6.54 Å². The van der Waals surface area contributed by atoms with E-state index in [4.69, 9.17) is 4.74 Å². The third-order valence-corrected chi connectivity index (χ3v) is 6.59.